The Morgan fingerprint density at radius 2 is 2.19 bits per heavy atom. The summed E-state index contributed by atoms with van der Waals surface area (Å²) in [5, 5.41) is 3.39. The molecular weight excluding hydrogens is 330 g/mol. The molecule has 3 aromatic heterocycles. The fraction of sp³-hybridized carbons (Fsp3) is 0.421. The molecule has 1 aliphatic rings. The van der Waals surface area contributed by atoms with Crippen molar-refractivity contribution in [2.75, 3.05) is 20.2 Å². The molecule has 136 valence electrons. The van der Waals surface area contributed by atoms with Crippen molar-refractivity contribution in [3.63, 3.8) is 0 Å². The Morgan fingerprint density at radius 3 is 2.88 bits per heavy atom. The third-order valence-electron chi connectivity index (χ3n) is 4.96. The standard InChI is InChI=1S/C19H23N5O2/c1-12(13-6-7-20-9-13)26-19-18-16(22-11-24(18)2)8-15(23-19)14-4-5-17(25-3)21-10-14/h4-5,8,10-13,20H,6-7,9H2,1-3H3/t12-,13-/m1/s1. The lowest BCUT2D eigenvalue weighted by Gasteiger charge is -2.20. The van der Waals surface area contributed by atoms with Crippen LogP contribution in [0.5, 0.6) is 11.8 Å². The normalized spacial score (nSPS) is 18.2. The van der Waals surface area contributed by atoms with E-state index in [9.17, 15) is 0 Å². The zero-order valence-electron chi connectivity index (χ0n) is 15.3. The predicted octanol–water partition coefficient (Wildman–Crippen LogP) is 2.42. The number of hydrogen-bond acceptors (Lipinski definition) is 6. The number of methoxy groups -OCH3 is 1. The van der Waals surface area contributed by atoms with Crippen LogP contribution in [0.1, 0.15) is 13.3 Å². The fourth-order valence-electron chi connectivity index (χ4n) is 3.37. The van der Waals surface area contributed by atoms with E-state index in [0.717, 1.165) is 41.8 Å². The van der Waals surface area contributed by atoms with Gasteiger partial charge in [-0.25, -0.2) is 15.0 Å². The molecule has 1 aliphatic heterocycles. The molecule has 0 aromatic carbocycles. The molecule has 3 aromatic rings. The monoisotopic (exact) mass is 353 g/mol. The van der Waals surface area contributed by atoms with Gasteiger partial charge < -0.3 is 19.4 Å². The second-order valence-corrected chi connectivity index (χ2v) is 6.70. The average Bonchev–Trinajstić information content (AvgIpc) is 3.32. The summed E-state index contributed by atoms with van der Waals surface area (Å²) in [5.41, 5.74) is 3.46. The highest BCUT2D eigenvalue weighted by molar-refractivity contribution is 5.84. The SMILES string of the molecule is COc1ccc(-c2cc3ncn(C)c3c(O[C@H](C)[C@@H]3CCNC3)n2)cn1. The molecule has 0 amide bonds. The van der Waals surface area contributed by atoms with E-state index < -0.39 is 0 Å². The first-order chi connectivity index (χ1) is 12.7. The number of pyridine rings is 2. The number of nitrogens with one attached hydrogen (secondary N) is 1. The van der Waals surface area contributed by atoms with Gasteiger partial charge in [-0.1, -0.05) is 0 Å². The highest BCUT2D eigenvalue weighted by Gasteiger charge is 2.24. The van der Waals surface area contributed by atoms with Gasteiger partial charge in [-0.15, -0.1) is 0 Å². The minimum absolute atomic E-state index is 0.0832. The molecule has 1 N–H and O–H groups in total. The quantitative estimate of drug-likeness (QED) is 0.759. The first kappa shape index (κ1) is 16.8. The first-order valence-corrected chi connectivity index (χ1v) is 8.85. The molecule has 7 heteroatoms. The molecule has 1 saturated heterocycles. The summed E-state index contributed by atoms with van der Waals surface area (Å²) in [5.74, 6) is 1.69. The molecule has 0 bridgehead atoms. The van der Waals surface area contributed by atoms with Crippen LogP contribution >= 0.6 is 0 Å². The van der Waals surface area contributed by atoms with Crippen LogP contribution < -0.4 is 14.8 Å². The summed E-state index contributed by atoms with van der Waals surface area (Å²) >= 11 is 0. The maximum absolute atomic E-state index is 6.30. The molecule has 4 heterocycles. The molecule has 26 heavy (non-hydrogen) atoms. The Labute approximate surface area is 152 Å². The van der Waals surface area contributed by atoms with E-state index in [4.69, 9.17) is 14.5 Å². The van der Waals surface area contributed by atoms with Gasteiger partial charge in [0.05, 0.1) is 24.6 Å². The van der Waals surface area contributed by atoms with E-state index in [0.29, 0.717) is 17.7 Å². The van der Waals surface area contributed by atoms with Gasteiger partial charge >= 0.3 is 0 Å². The van der Waals surface area contributed by atoms with E-state index in [1.165, 1.54) is 0 Å². The number of fused-ring (bicyclic) bond motifs is 1. The number of aromatic nitrogens is 4. The number of ether oxygens (including phenoxy) is 2. The molecule has 7 nitrogen and oxygen atoms in total. The van der Waals surface area contributed by atoms with Crippen molar-refractivity contribution in [3.05, 3.63) is 30.7 Å². The Bertz CT molecular complexity index is 900. The Kier molecular flexibility index (Phi) is 4.46. The van der Waals surface area contributed by atoms with Crippen molar-refractivity contribution >= 4 is 11.0 Å². The third-order valence-corrected chi connectivity index (χ3v) is 4.96. The molecule has 4 rings (SSSR count). The summed E-state index contributed by atoms with van der Waals surface area (Å²) in [6.45, 7) is 4.14. The van der Waals surface area contributed by atoms with Crippen molar-refractivity contribution in [1.82, 2.24) is 24.8 Å². The lowest BCUT2D eigenvalue weighted by atomic mass is 10.0. The molecule has 1 fully saturated rings. The molecule has 0 aliphatic carbocycles. The minimum atomic E-state index is 0.0832. The topological polar surface area (TPSA) is 74.1 Å². The van der Waals surface area contributed by atoms with E-state index in [2.05, 4.69) is 22.2 Å². The van der Waals surface area contributed by atoms with Crippen LogP contribution in [0.4, 0.5) is 0 Å². The lowest BCUT2D eigenvalue weighted by molar-refractivity contribution is 0.156. The number of imidazole rings is 1. The number of nitrogens with zero attached hydrogens (tertiary/aromatic N) is 4. The Balaban J connectivity index is 1.73. The van der Waals surface area contributed by atoms with E-state index in [-0.39, 0.29) is 6.10 Å². The Morgan fingerprint density at radius 1 is 1.31 bits per heavy atom. The Hall–Kier alpha value is -2.67. The van der Waals surface area contributed by atoms with E-state index >= 15 is 0 Å². The third kappa shape index (κ3) is 3.10. The van der Waals surface area contributed by atoms with Crippen molar-refractivity contribution in [2.45, 2.75) is 19.4 Å². The smallest absolute Gasteiger partial charge is 0.241 e. The largest absolute Gasteiger partial charge is 0.481 e. The second kappa shape index (κ2) is 6.92. The molecule has 0 spiro atoms. The van der Waals surface area contributed by atoms with Crippen molar-refractivity contribution in [1.29, 1.82) is 0 Å². The zero-order valence-corrected chi connectivity index (χ0v) is 15.3. The van der Waals surface area contributed by atoms with E-state index in [1.54, 1.807) is 19.6 Å². The first-order valence-electron chi connectivity index (χ1n) is 8.85. The number of aryl methyl sites for hydroxylation is 1. The van der Waals surface area contributed by atoms with Gasteiger partial charge in [-0.2, -0.15) is 0 Å². The van der Waals surface area contributed by atoms with Crippen molar-refractivity contribution < 1.29 is 9.47 Å². The fourth-order valence-corrected chi connectivity index (χ4v) is 3.37. The van der Waals surface area contributed by atoms with Crippen LogP contribution in [0.3, 0.4) is 0 Å². The van der Waals surface area contributed by atoms with Crippen molar-refractivity contribution in [3.8, 4) is 23.0 Å². The van der Waals surface area contributed by atoms with Crippen LogP contribution in [0.25, 0.3) is 22.3 Å². The summed E-state index contributed by atoms with van der Waals surface area (Å²) in [7, 11) is 3.56. The molecule has 0 unspecified atom stereocenters. The van der Waals surface area contributed by atoms with Crippen LogP contribution in [0, 0.1) is 5.92 Å². The highest BCUT2D eigenvalue weighted by atomic mass is 16.5. The van der Waals surface area contributed by atoms with Gasteiger partial charge in [0.1, 0.15) is 11.6 Å². The summed E-state index contributed by atoms with van der Waals surface area (Å²) in [6.07, 6.45) is 4.75. The lowest BCUT2D eigenvalue weighted by Crippen LogP contribution is -2.26. The van der Waals surface area contributed by atoms with Crippen molar-refractivity contribution in [2.24, 2.45) is 13.0 Å². The predicted molar refractivity (Wildman–Crippen MR) is 99.4 cm³/mol. The maximum Gasteiger partial charge on any atom is 0.241 e. The molecule has 0 saturated carbocycles. The van der Waals surface area contributed by atoms with Crippen LogP contribution in [0.15, 0.2) is 30.7 Å². The maximum atomic E-state index is 6.30. The van der Waals surface area contributed by atoms with Gasteiger partial charge in [0, 0.05) is 37.3 Å². The zero-order chi connectivity index (χ0) is 18.1. The van der Waals surface area contributed by atoms with Crippen LogP contribution in [-0.2, 0) is 7.05 Å². The van der Waals surface area contributed by atoms with Gasteiger partial charge in [0.15, 0.2) is 0 Å². The second-order valence-electron chi connectivity index (χ2n) is 6.70. The van der Waals surface area contributed by atoms with Gasteiger partial charge in [0.25, 0.3) is 0 Å². The van der Waals surface area contributed by atoms with E-state index in [1.807, 2.05) is 29.8 Å². The highest BCUT2D eigenvalue weighted by Crippen LogP contribution is 2.30. The van der Waals surface area contributed by atoms with Gasteiger partial charge in [0.2, 0.25) is 11.8 Å². The van der Waals surface area contributed by atoms with Gasteiger partial charge in [-0.3, -0.25) is 0 Å². The summed E-state index contributed by atoms with van der Waals surface area (Å²) < 4.78 is 13.4. The minimum Gasteiger partial charge on any atom is -0.481 e. The van der Waals surface area contributed by atoms with Crippen LogP contribution in [-0.4, -0.2) is 45.8 Å². The number of rotatable bonds is 5. The summed E-state index contributed by atoms with van der Waals surface area (Å²) in [4.78, 5) is 13.6. The molecule has 2 atom stereocenters. The molecule has 0 radical (unpaired) electrons. The average molecular weight is 353 g/mol. The molecular formula is C19H23N5O2. The van der Waals surface area contributed by atoms with Gasteiger partial charge in [-0.05, 0) is 32.0 Å². The van der Waals surface area contributed by atoms with Crippen LogP contribution in [0.2, 0.25) is 0 Å². The number of hydrogen-bond donors (Lipinski definition) is 1. The summed E-state index contributed by atoms with van der Waals surface area (Å²) in [6, 6.07) is 5.73.